The number of nitrogens with zero attached hydrogens (tertiary/aromatic N) is 1. The van der Waals surface area contributed by atoms with Crippen molar-refractivity contribution >= 4 is 0 Å². The van der Waals surface area contributed by atoms with E-state index in [4.69, 9.17) is 0 Å². The van der Waals surface area contributed by atoms with Gasteiger partial charge in [0.1, 0.15) is 6.54 Å². The van der Waals surface area contributed by atoms with Gasteiger partial charge in [-0.2, -0.15) is 0 Å². The Morgan fingerprint density at radius 2 is 1.36 bits per heavy atom. The van der Waals surface area contributed by atoms with E-state index in [0.29, 0.717) is 0 Å². The predicted octanol–water partition coefficient (Wildman–Crippen LogP) is 6.24. The number of hydrogen-bond acceptors (Lipinski definition) is 1. The van der Waals surface area contributed by atoms with Gasteiger partial charge in [-0.1, -0.05) is 82.6 Å². The summed E-state index contributed by atoms with van der Waals surface area (Å²) in [5.74, 6) is 0. The molecule has 2 nitrogen and oxygen atoms in total. The van der Waals surface area contributed by atoms with Crippen LogP contribution in [0.2, 0.25) is 0 Å². The van der Waals surface area contributed by atoms with Crippen LogP contribution in [0.15, 0.2) is 24.3 Å². The third kappa shape index (κ3) is 10.0. The van der Waals surface area contributed by atoms with Crippen LogP contribution in [0.3, 0.4) is 0 Å². The summed E-state index contributed by atoms with van der Waals surface area (Å²) in [5, 5.41) is 9.96. The summed E-state index contributed by atoms with van der Waals surface area (Å²) in [6.07, 6.45) is 13.5. The van der Waals surface area contributed by atoms with Gasteiger partial charge < -0.3 is 9.59 Å². The van der Waals surface area contributed by atoms with Crippen molar-refractivity contribution in [1.82, 2.24) is 0 Å². The van der Waals surface area contributed by atoms with Gasteiger partial charge in [0.15, 0.2) is 0 Å². The highest BCUT2D eigenvalue weighted by Gasteiger charge is 2.18. The van der Waals surface area contributed by atoms with Gasteiger partial charge >= 0.3 is 0 Å². The summed E-state index contributed by atoms with van der Waals surface area (Å²) in [6.45, 7) is 6.35. The largest absolute Gasteiger partial charge is 0.389 e. The summed E-state index contributed by atoms with van der Waals surface area (Å²) < 4.78 is 1.00. The number of rotatable bonds is 14. The molecular formula is C23H42NO+. The molecule has 0 fully saturated rings. The molecule has 0 heterocycles. The molecule has 1 aromatic carbocycles. The highest BCUT2D eigenvalue weighted by atomic mass is 16.3. The number of aliphatic hydroxyl groups is 1. The van der Waals surface area contributed by atoms with E-state index in [1.165, 1.54) is 76.3 Å². The molecule has 1 N–H and O–H groups in total. The summed E-state index contributed by atoms with van der Waals surface area (Å²) in [4.78, 5) is 0. The van der Waals surface area contributed by atoms with E-state index in [2.05, 4.69) is 39.2 Å². The second-order valence-electron chi connectivity index (χ2n) is 8.37. The molecule has 2 heteroatoms. The van der Waals surface area contributed by atoms with Crippen LogP contribution in [0.1, 0.15) is 95.3 Å². The first kappa shape index (κ1) is 22.2. The highest BCUT2D eigenvalue weighted by Crippen LogP contribution is 2.21. The topological polar surface area (TPSA) is 20.2 Å². The molecule has 1 unspecified atom stereocenters. The zero-order chi connectivity index (χ0) is 18.5. The van der Waals surface area contributed by atoms with Gasteiger partial charge in [-0.15, -0.1) is 0 Å². The monoisotopic (exact) mass is 348 g/mol. The molecule has 1 atom stereocenters. The molecule has 1 aromatic rings. The number of benzene rings is 1. The summed E-state index contributed by atoms with van der Waals surface area (Å²) in [5.41, 5.74) is 2.37. The van der Waals surface area contributed by atoms with Crippen LogP contribution in [0.25, 0.3) is 0 Å². The average Bonchev–Trinajstić information content (AvgIpc) is 2.56. The standard InChI is InChI=1S/C23H42NO/c1-5-6-7-8-9-10-11-12-13-16-19-24(3,4)20-22-17-14-15-18-23(22)21(2)25/h14-15,17-18,21,25H,5-13,16,19-20H2,1-4H3/q+1. The molecule has 0 saturated carbocycles. The molecule has 0 bridgehead atoms. The molecular weight excluding hydrogens is 306 g/mol. The Morgan fingerprint density at radius 1 is 0.840 bits per heavy atom. The predicted molar refractivity (Wildman–Crippen MR) is 110 cm³/mol. The summed E-state index contributed by atoms with van der Waals surface area (Å²) in [7, 11) is 4.62. The van der Waals surface area contributed by atoms with Crippen LogP contribution in [0.4, 0.5) is 0 Å². The minimum absolute atomic E-state index is 0.381. The molecule has 0 aromatic heterocycles. The molecule has 0 aliphatic rings. The van der Waals surface area contributed by atoms with Crippen molar-refractivity contribution in [1.29, 1.82) is 0 Å². The van der Waals surface area contributed by atoms with E-state index in [-0.39, 0.29) is 6.10 Å². The van der Waals surface area contributed by atoms with Crippen LogP contribution in [0.5, 0.6) is 0 Å². The third-order valence-corrected chi connectivity index (χ3v) is 5.22. The van der Waals surface area contributed by atoms with Crippen molar-refractivity contribution in [3.05, 3.63) is 35.4 Å². The minimum Gasteiger partial charge on any atom is -0.389 e. The number of hydrogen-bond donors (Lipinski definition) is 1. The lowest BCUT2D eigenvalue weighted by molar-refractivity contribution is -0.903. The van der Waals surface area contributed by atoms with Gasteiger partial charge in [-0.25, -0.2) is 0 Å². The van der Waals surface area contributed by atoms with Gasteiger partial charge in [0.05, 0.1) is 26.7 Å². The molecule has 144 valence electrons. The highest BCUT2D eigenvalue weighted by molar-refractivity contribution is 5.28. The van der Waals surface area contributed by atoms with Crippen molar-refractivity contribution in [2.45, 2.75) is 90.7 Å². The first-order chi connectivity index (χ1) is 12.0. The Labute approximate surface area is 156 Å². The first-order valence-corrected chi connectivity index (χ1v) is 10.5. The molecule has 0 aliphatic heterocycles. The second kappa shape index (κ2) is 12.5. The minimum atomic E-state index is -0.381. The second-order valence-corrected chi connectivity index (χ2v) is 8.37. The number of aliphatic hydroxyl groups excluding tert-OH is 1. The molecule has 0 aliphatic carbocycles. The zero-order valence-corrected chi connectivity index (χ0v) is 17.3. The average molecular weight is 349 g/mol. The Balaban J connectivity index is 2.19. The first-order valence-electron chi connectivity index (χ1n) is 10.5. The van der Waals surface area contributed by atoms with Crippen LogP contribution in [0, 0.1) is 0 Å². The molecule has 1 rings (SSSR count). The maximum absolute atomic E-state index is 9.96. The lowest BCUT2D eigenvalue weighted by atomic mass is 10.0. The van der Waals surface area contributed by atoms with E-state index in [9.17, 15) is 5.11 Å². The molecule has 0 spiro atoms. The van der Waals surface area contributed by atoms with Crippen LogP contribution >= 0.6 is 0 Å². The Bertz CT molecular complexity index is 453. The Hall–Kier alpha value is -0.860. The molecule has 0 saturated heterocycles. The van der Waals surface area contributed by atoms with Gasteiger partial charge in [-0.3, -0.25) is 0 Å². The Morgan fingerprint density at radius 3 is 1.92 bits per heavy atom. The summed E-state index contributed by atoms with van der Waals surface area (Å²) in [6, 6.07) is 8.33. The lowest BCUT2D eigenvalue weighted by Crippen LogP contribution is -2.39. The van der Waals surface area contributed by atoms with Crippen molar-refractivity contribution in [2.24, 2.45) is 0 Å². The van der Waals surface area contributed by atoms with E-state index >= 15 is 0 Å². The number of quaternary nitrogens is 1. The van der Waals surface area contributed by atoms with E-state index in [1.54, 1.807) is 0 Å². The Kier molecular flexibility index (Phi) is 11.1. The fraction of sp³-hybridized carbons (Fsp3) is 0.739. The fourth-order valence-electron chi connectivity index (χ4n) is 3.65. The quantitative estimate of drug-likeness (QED) is 0.312. The van der Waals surface area contributed by atoms with Crippen LogP contribution in [-0.4, -0.2) is 30.2 Å². The lowest BCUT2D eigenvalue weighted by Gasteiger charge is -2.31. The third-order valence-electron chi connectivity index (χ3n) is 5.22. The fourth-order valence-corrected chi connectivity index (χ4v) is 3.65. The summed E-state index contributed by atoms with van der Waals surface area (Å²) >= 11 is 0. The smallest absolute Gasteiger partial charge is 0.104 e. The van der Waals surface area contributed by atoms with E-state index in [1.807, 2.05) is 13.0 Å². The van der Waals surface area contributed by atoms with Crippen molar-refractivity contribution in [3.63, 3.8) is 0 Å². The van der Waals surface area contributed by atoms with Gasteiger partial charge in [-0.05, 0) is 25.3 Å². The maximum Gasteiger partial charge on any atom is 0.104 e. The van der Waals surface area contributed by atoms with Crippen LogP contribution in [-0.2, 0) is 6.54 Å². The molecule has 25 heavy (non-hydrogen) atoms. The molecule has 0 amide bonds. The molecule has 0 radical (unpaired) electrons. The van der Waals surface area contributed by atoms with Gasteiger partial charge in [0.25, 0.3) is 0 Å². The number of unbranched alkanes of at least 4 members (excludes halogenated alkanes) is 9. The normalized spacial score (nSPS) is 13.2. The maximum atomic E-state index is 9.96. The van der Waals surface area contributed by atoms with Crippen molar-refractivity contribution < 1.29 is 9.59 Å². The zero-order valence-electron chi connectivity index (χ0n) is 17.3. The van der Waals surface area contributed by atoms with Gasteiger partial charge in [0, 0.05) is 5.56 Å². The van der Waals surface area contributed by atoms with Crippen molar-refractivity contribution in [3.8, 4) is 0 Å². The SMILES string of the molecule is CCCCCCCCCCCC[N+](C)(C)Cc1ccccc1C(C)O. The van der Waals surface area contributed by atoms with Crippen molar-refractivity contribution in [2.75, 3.05) is 20.6 Å². The van der Waals surface area contributed by atoms with Crippen LogP contribution < -0.4 is 0 Å². The van der Waals surface area contributed by atoms with E-state index < -0.39 is 0 Å². The van der Waals surface area contributed by atoms with Gasteiger partial charge in [0.2, 0.25) is 0 Å². The van der Waals surface area contributed by atoms with E-state index in [0.717, 1.165) is 16.6 Å².